The number of halogens is 1. The van der Waals surface area contributed by atoms with E-state index >= 15 is 0 Å². The lowest BCUT2D eigenvalue weighted by atomic mass is 10.0. The van der Waals surface area contributed by atoms with Gasteiger partial charge in [-0.1, -0.05) is 18.2 Å². The highest BCUT2D eigenvalue weighted by Gasteiger charge is 2.18. The van der Waals surface area contributed by atoms with E-state index in [0.717, 1.165) is 11.6 Å². The highest BCUT2D eigenvalue weighted by Crippen LogP contribution is 2.29. The third kappa shape index (κ3) is 5.81. The monoisotopic (exact) mass is 503 g/mol. The van der Waals surface area contributed by atoms with Crippen LogP contribution in [0.1, 0.15) is 38.7 Å². The molecule has 0 aliphatic rings. The van der Waals surface area contributed by atoms with Crippen LogP contribution in [0.2, 0.25) is 0 Å². The van der Waals surface area contributed by atoms with E-state index < -0.39 is 17.6 Å². The number of para-hydroxylation sites is 1. The molecule has 0 spiro atoms. The first-order valence-corrected chi connectivity index (χ1v) is 11.4. The number of rotatable bonds is 10. The summed E-state index contributed by atoms with van der Waals surface area (Å²) < 4.78 is 24.7. The average molecular weight is 504 g/mol. The number of ether oxygens (including phenoxy) is 2. The number of hydrogen-bond donors (Lipinski definition) is 3. The fraction of sp³-hybridized carbons (Fsp3) is 0.185. The van der Waals surface area contributed by atoms with E-state index in [1.54, 1.807) is 43.5 Å². The van der Waals surface area contributed by atoms with Gasteiger partial charge in [-0.25, -0.2) is 14.4 Å². The highest BCUT2D eigenvalue weighted by molar-refractivity contribution is 6.07. The summed E-state index contributed by atoms with van der Waals surface area (Å²) in [4.78, 5) is 33.2. The van der Waals surface area contributed by atoms with E-state index in [2.05, 4.69) is 20.6 Å². The van der Waals surface area contributed by atoms with E-state index in [0.29, 0.717) is 46.7 Å². The van der Waals surface area contributed by atoms with Crippen molar-refractivity contribution in [2.24, 2.45) is 5.73 Å². The number of aromatic nitrogens is 2. The lowest BCUT2D eigenvalue weighted by Crippen LogP contribution is -2.17. The van der Waals surface area contributed by atoms with Gasteiger partial charge in [-0.15, -0.1) is 0 Å². The van der Waals surface area contributed by atoms with Crippen LogP contribution < -0.4 is 21.1 Å². The molecule has 0 bridgehead atoms. The summed E-state index contributed by atoms with van der Waals surface area (Å²) in [5.41, 5.74) is 7.48. The molecule has 0 aliphatic carbocycles. The van der Waals surface area contributed by atoms with Crippen LogP contribution in [0.3, 0.4) is 0 Å². The molecule has 0 fully saturated rings. The van der Waals surface area contributed by atoms with Crippen LogP contribution in [-0.4, -0.2) is 42.6 Å². The summed E-state index contributed by atoms with van der Waals surface area (Å²) in [7, 11) is 3.03. The molecule has 4 aromatic rings. The van der Waals surface area contributed by atoms with E-state index in [9.17, 15) is 14.0 Å². The number of carbonyl (C=O) groups is 2. The zero-order valence-electron chi connectivity index (χ0n) is 20.3. The molecule has 37 heavy (non-hydrogen) atoms. The Balaban J connectivity index is 1.62. The van der Waals surface area contributed by atoms with Gasteiger partial charge in [-0.3, -0.25) is 9.59 Å². The number of primary amides is 1. The number of nitrogens with two attached hydrogens (primary N) is 1. The van der Waals surface area contributed by atoms with Gasteiger partial charge in [0.25, 0.3) is 11.8 Å². The van der Waals surface area contributed by atoms with Gasteiger partial charge < -0.3 is 25.8 Å². The lowest BCUT2D eigenvalue weighted by molar-refractivity contribution is 0.0998. The van der Waals surface area contributed by atoms with Crippen LogP contribution in [0.5, 0.6) is 5.75 Å². The first kappa shape index (κ1) is 25.5. The van der Waals surface area contributed by atoms with Gasteiger partial charge in [0.2, 0.25) is 0 Å². The number of nitrogens with zero attached hydrogens (tertiary/aromatic N) is 2. The van der Waals surface area contributed by atoms with Gasteiger partial charge in [-0.05, 0) is 48.4 Å². The van der Waals surface area contributed by atoms with Crippen LogP contribution in [0, 0.1) is 5.82 Å². The Morgan fingerprint density at radius 1 is 1.03 bits per heavy atom. The van der Waals surface area contributed by atoms with Crippen molar-refractivity contribution in [3.8, 4) is 5.75 Å². The number of methoxy groups -OCH3 is 2. The zero-order valence-corrected chi connectivity index (χ0v) is 20.3. The molecule has 0 radical (unpaired) electrons. The number of fused-ring (bicyclic) bond motifs is 1. The molecule has 4 rings (SSSR count). The van der Waals surface area contributed by atoms with Crippen molar-refractivity contribution in [1.82, 2.24) is 9.97 Å². The summed E-state index contributed by atoms with van der Waals surface area (Å²) in [5, 5.41) is 6.79. The van der Waals surface area contributed by atoms with Crippen molar-refractivity contribution in [1.29, 1.82) is 0 Å². The van der Waals surface area contributed by atoms with Crippen LogP contribution in [0.25, 0.3) is 10.9 Å². The summed E-state index contributed by atoms with van der Waals surface area (Å²) in [6, 6.07) is 16.1. The molecular formula is C27H26FN5O4. The Morgan fingerprint density at radius 2 is 1.84 bits per heavy atom. The second kappa shape index (κ2) is 11.4. The minimum atomic E-state index is -0.682. The molecule has 0 saturated carbocycles. The first-order chi connectivity index (χ1) is 17.9. The molecular weight excluding hydrogens is 477 g/mol. The van der Waals surface area contributed by atoms with Crippen molar-refractivity contribution in [3.63, 3.8) is 0 Å². The molecule has 9 nitrogen and oxygen atoms in total. The Kier molecular flexibility index (Phi) is 7.89. The van der Waals surface area contributed by atoms with Crippen molar-refractivity contribution >= 4 is 34.2 Å². The van der Waals surface area contributed by atoms with Crippen molar-refractivity contribution in [2.75, 3.05) is 31.5 Å². The summed E-state index contributed by atoms with van der Waals surface area (Å²) in [6.45, 7) is 0.445. The van der Waals surface area contributed by atoms with Crippen molar-refractivity contribution < 1.29 is 23.5 Å². The first-order valence-electron chi connectivity index (χ1n) is 11.4. The molecule has 1 unspecified atom stereocenters. The van der Waals surface area contributed by atoms with Gasteiger partial charge in [0.1, 0.15) is 23.7 Å². The molecule has 1 heterocycles. The fourth-order valence-corrected chi connectivity index (χ4v) is 3.96. The molecule has 3 aromatic carbocycles. The molecule has 0 saturated heterocycles. The van der Waals surface area contributed by atoms with E-state index in [1.807, 2.05) is 6.07 Å². The SMILES string of the molecule is COCCC(Nc1ncnc2c(C(N)=O)cccc12)c1cccc(NC(=O)c2ccc(OC)cc2F)c1. The predicted molar refractivity (Wildman–Crippen MR) is 138 cm³/mol. The second-order valence-electron chi connectivity index (χ2n) is 8.19. The number of amides is 2. The summed E-state index contributed by atoms with van der Waals surface area (Å²) in [6.07, 6.45) is 1.94. The number of hydrogen-bond acceptors (Lipinski definition) is 7. The Labute approximate surface area is 212 Å². The van der Waals surface area contributed by atoms with Crippen LogP contribution >= 0.6 is 0 Å². The van der Waals surface area contributed by atoms with E-state index in [4.69, 9.17) is 15.2 Å². The van der Waals surface area contributed by atoms with Gasteiger partial charge in [-0.2, -0.15) is 0 Å². The van der Waals surface area contributed by atoms with Crippen LogP contribution in [-0.2, 0) is 4.74 Å². The number of nitrogens with one attached hydrogen (secondary N) is 2. The minimum absolute atomic E-state index is 0.0991. The van der Waals surface area contributed by atoms with Gasteiger partial charge in [0.05, 0.1) is 29.8 Å². The van der Waals surface area contributed by atoms with E-state index in [1.165, 1.54) is 25.6 Å². The minimum Gasteiger partial charge on any atom is -0.497 e. The normalized spacial score (nSPS) is 11.6. The smallest absolute Gasteiger partial charge is 0.258 e. The Bertz CT molecular complexity index is 1450. The Morgan fingerprint density at radius 3 is 2.57 bits per heavy atom. The maximum absolute atomic E-state index is 14.4. The molecule has 10 heteroatoms. The van der Waals surface area contributed by atoms with Crippen LogP contribution in [0.4, 0.5) is 15.9 Å². The summed E-state index contributed by atoms with van der Waals surface area (Å²) >= 11 is 0. The maximum Gasteiger partial charge on any atom is 0.258 e. The van der Waals surface area contributed by atoms with Crippen molar-refractivity contribution in [3.05, 3.63) is 89.5 Å². The van der Waals surface area contributed by atoms with Crippen molar-refractivity contribution in [2.45, 2.75) is 12.5 Å². The van der Waals surface area contributed by atoms with Gasteiger partial charge >= 0.3 is 0 Å². The van der Waals surface area contributed by atoms with Crippen LogP contribution in [0.15, 0.2) is 67.0 Å². The second-order valence-corrected chi connectivity index (χ2v) is 8.19. The third-order valence-corrected chi connectivity index (χ3v) is 5.82. The quantitative estimate of drug-likeness (QED) is 0.294. The lowest BCUT2D eigenvalue weighted by Gasteiger charge is -2.21. The highest BCUT2D eigenvalue weighted by atomic mass is 19.1. The average Bonchev–Trinajstić information content (AvgIpc) is 2.90. The molecule has 0 aliphatic heterocycles. The maximum atomic E-state index is 14.4. The topological polar surface area (TPSA) is 128 Å². The number of carbonyl (C=O) groups excluding carboxylic acids is 2. The van der Waals surface area contributed by atoms with Gasteiger partial charge in [0, 0.05) is 30.9 Å². The molecule has 190 valence electrons. The summed E-state index contributed by atoms with van der Waals surface area (Å²) in [5.74, 6) is -1.01. The Hall–Kier alpha value is -4.57. The molecule has 2 amide bonds. The fourth-order valence-electron chi connectivity index (χ4n) is 3.96. The zero-order chi connectivity index (χ0) is 26.4. The largest absolute Gasteiger partial charge is 0.497 e. The van der Waals surface area contributed by atoms with E-state index in [-0.39, 0.29) is 11.6 Å². The number of anilines is 2. The molecule has 4 N–H and O–H groups in total. The standard InChI is InChI=1S/C27H26FN5O4/c1-36-12-11-23(33-26-21-8-4-7-20(25(29)34)24(21)30-15-31-26)16-5-3-6-17(13-16)32-27(35)19-10-9-18(37-2)14-22(19)28/h3-10,13-15,23H,11-12H2,1-2H3,(H2,29,34)(H,32,35)(H,30,31,33). The molecule has 1 aromatic heterocycles. The molecule has 1 atom stereocenters. The number of benzene rings is 3. The predicted octanol–water partition coefficient (Wildman–Crippen LogP) is 4.32. The third-order valence-electron chi connectivity index (χ3n) is 5.82. The van der Waals surface area contributed by atoms with Gasteiger partial charge in [0.15, 0.2) is 0 Å².